The fourth-order valence-corrected chi connectivity index (χ4v) is 3.07. The maximum Gasteiger partial charge on any atom is 0.0502 e. The van der Waals surface area contributed by atoms with Crippen LogP contribution in [-0.4, -0.2) is 38.3 Å². The van der Waals surface area contributed by atoms with Gasteiger partial charge in [0.1, 0.15) is 0 Å². The van der Waals surface area contributed by atoms with E-state index in [-0.39, 0.29) is 6.04 Å². The largest absolute Gasteiger partial charge is 0.384 e. The second-order valence-corrected chi connectivity index (χ2v) is 5.69. The van der Waals surface area contributed by atoms with Crippen LogP contribution in [0.15, 0.2) is 24.3 Å². The van der Waals surface area contributed by atoms with E-state index in [0.29, 0.717) is 5.92 Å². The lowest BCUT2D eigenvalue weighted by atomic mass is 9.96. The average Bonchev–Trinajstić information content (AvgIpc) is 2.40. The summed E-state index contributed by atoms with van der Waals surface area (Å²) in [5, 5.41) is 0. The van der Waals surface area contributed by atoms with E-state index in [9.17, 15) is 0 Å². The highest BCUT2D eigenvalue weighted by molar-refractivity contribution is 5.28. The first kappa shape index (κ1) is 14.5. The highest BCUT2D eigenvalue weighted by atomic mass is 16.5. The number of hydrogen-bond acceptors (Lipinski definition) is 3. The first-order valence-electron chi connectivity index (χ1n) is 7.23. The molecule has 0 bridgehead atoms. The molecule has 0 saturated carbocycles. The molecule has 1 aliphatic heterocycles. The van der Waals surface area contributed by atoms with Gasteiger partial charge in [-0.2, -0.15) is 0 Å². The number of methoxy groups -OCH3 is 1. The van der Waals surface area contributed by atoms with Crippen molar-refractivity contribution in [3.8, 4) is 0 Å². The topological polar surface area (TPSA) is 38.5 Å². The van der Waals surface area contributed by atoms with E-state index in [1.165, 1.54) is 30.5 Å². The number of benzene rings is 1. The van der Waals surface area contributed by atoms with Gasteiger partial charge in [0.05, 0.1) is 6.61 Å². The molecule has 1 saturated heterocycles. The molecular weight excluding hydrogens is 236 g/mol. The van der Waals surface area contributed by atoms with Crippen molar-refractivity contribution in [2.75, 3.05) is 33.4 Å². The molecule has 0 amide bonds. The van der Waals surface area contributed by atoms with Gasteiger partial charge in [-0.1, -0.05) is 24.3 Å². The Kier molecular flexibility index (Phi) is 5.37. The summed E-state index contributed by atoms with van der Waals surface area (Å²) in [5.41, 5.74) is 8.94. The lowest BCUT2D eigenvalue weighted by molar-refractivity contribution is 0.0878. The van der Waals surface area contributed by atoms with Crippen molar-refractivity contribution in [1.82, 2.24) is 4.90 Å². The number of aryl methyl sites for hydroxylation is 1. The molecule has 2 atom stereocenters. The lowest BCUT2D eigenvalue weighted by Gasteiger charge is -2.34. The second kappa shape index (κ2) is 7.04. The minimum Gasteiger partial charge on any atom is -0.384 e. The van der Waals surface area contributed by atoms with Gasteiger partial charge in [-0.15, -0.1) is 0 Å². The third-order valence-corrected chi connectivity index (χ3v) is 4.05. The van der Waals surface area contributed by atoms with Crippen molar-refractivity contribution in [3.05, 3.63) is 35.4 Å². The third kappa shape index (κ3) is 4.03. The summed E-state index contributed by atoms with van der Waals surface area (Å²) in [5.74, 6) is 0.669. The van der Waals surface area contributed by atoms with Crippen molar-refractivity contribution >= 4 is 0 Å². The zero-order valence-electron chi connectivity index (χ0n) is 12.1. The van der Waals surface area contributed by atoms with Crippen LogP contribution < -0.4 is 5.73 Å². The number of hydrogen-bond donors (Lipinski definition) is 1. The van der Waals surface area contributed by atoms with Gasteiger partial charge in [-0.3, -0.25) is 0 Å². The van der Waals surface area contributed by atoms with E-state index in [2.05, 4.69) is 36.1 Å². The van der Waals surface area contributed by atoms with Crippen molar-refractivity contribution in [1.29, 1.82) is 0 Å². The summed E-state index contributed by atoms with van der Waals surface area (Å²) in [6, 6.07) is 8.55. The molecule has 1 aromatic rings. The Morgan fingerprint density at radius 1 is 1.42 bits per heavy atom. The first-order chi connectivity index (χ1) is 9.20. The van der Waals surface area contributed by atoms with Crippen molar-refractivity contribution in [3.63, 3.8) is 0 Å². The molecule has 1 aliphatic rings. The average molecular weight is 262 g/mol. The zero-order chi connectivity index (χ0) is 13.7. The van der Waals surface area contributed by atoms with Crippen molar-refractivity contribution in [2.24, 2.45) is 11.7 Å². The maximum absolute atomic E-state index is 6.37. The van der Waals surface area contributed by atoms with Crippen LogP contribution in [0, 0.1) is 12.8 Å². The Morgan fingerprint density at radius 2 is 2.21 bits per heavy atom. The number of nitrogens with zero attached hydrogens (tertiary/aromatic N) is 1. The van der Waals surface area contributed by atoms with Gasteiger partial charge < -0.3 is 15.4 Å². The summed E-state index contributed by atoms with van der Waals surface area (Å²) >= 11 is 0. The minimum absolute atomic E-state index is 0.113. The number of piperidine rings is 1. The summed E-state index contributed by atoms with van der Waals surface area (Å²) < 4.78 is 5.28. The molecule has 2 unspecified atom stereocenters. The Labute approximate surface area is 116 Å². The third-order valence-electron chi connectivity index (χ3n) is 4.05. The summed E-state index contributed by atoms with van der Waals surface area (Å²) in [6.07, 6.45) is 2.54. The summed E-state index contributed by atoms with van der Waals surface area (Å²) in [4.78, 5) is 2.49. The van der Waals surface area contributed by atoms with Gasteiger partial charge >= 0.3 is 0 Å². The van der Waals surface area contributed by atoms with Crippen LogP contribution in [0.25, 0.3) is 0 Å². The van der Waals surface area contributed by atoms with Gasteiger partial charge in [0.2, 0.25) is 0 Å². The Bertz CT molecular complexity index is 392. The molecule has 1 aromatic carbocycles. The van der Waals surface area contributed by atoms with Crippen LogP contribution in [0.3, 0.4) is 0 Å². The lowest BCUT2D eigenvalue weighted by Crippen LogP contribution is -2.41. The maximum atomic E-state index is 6.37. The second-order valence-electron chi connectivity index (χ2n) is 5.69. The molecule has 1 fully saturated rings. The predicted molar refractivity (Wildman–Crippen MR) is 79.1 cm³/mol. The minimum atomic E-state index is 0.113. The fraction of sp³-hybridized carbons (Fsp3) is 0.625. The molecule has 106 valence electrons. The molecular formula is C16H26N2O. The van der Waals surface area contributed by atoms with E-state index < -0.39 is 0 Å². The summed E-state index contributed by atoms with van der Waals surface area (Å²) in [7, 11) is 1.79. The number of likely N-dealkylation sites (tertiary alicyclic amines) is 1. The molecule has 3 heteroatoms. The quantitative estimate of drug-likeness (QED) is 0.885. The van der Waals surface area contributed by atoms with Crippen LogP contribution in [0.2, 0.25) is 0 Å². The molecule has 2 N–H and O–H groups in total. The molecule has 0 aliphatic carbocycles. The SMILES string of the molecule is COCC1CCCN(CC(N)c2ccccc2C)C1. The Balaban J connectivity index is 1.91. The van der Waals surface area contributed by atoms with Crippen LogP contribution in [0.5, 0.6) is 0 Å². The molecule has 1 heterocycles. The van der Waals surface area contributed by atoms with E-state index in [0.717, 1.165) is 19.7 Å². The molecule has 3 nitrogen and oxygen atoms in total. The highest BCUT2D eigenvalue weighted by Crippen LogP contribution is 2.21. The number of nitrogens with two attached hydrogens (primary N) is 1. The van der Waals surface area contributed by atoms with Crippen molar-refractivity contribution in [2.45, 2.75) is 25.8 Å². The monoisotopic (exact) mass is 262 g/mol. The highest BCUT2D eigenvalue weighted by Gasteiger charge is 2.22. The van der Waals surface area contributed by atoms with Crippen LogP contribution in [0.1, 0.15) is 30.0 Å². The van der Waals surface area contributed by atoms with Crippen molar-refractivity contribution < 1.29 is 4.74 Å². The van der Waals surface area contributed by atoms with Gasteiger partial charge in [0, 0.05) is 26.2 Å². The predicted octanol–water partition coefficient (Wildman–Crippen LogP) is 2.35. The molecule has 19 heavy (non-hydrogen) atoms. The molecule has 0 spiro atoms. The van der Waals surface area contributed by atoms with Gasteiger partial charge in [-0.25, -0.2) is 0 Å². The summed E-state index contributed by atoms with van der Waals surface area (Å²) in [6.45, 7) is 6.24. The smallest absolute Gasteiger partial charge is 0.0502 e. The normalized spacial score (nSPS) is 22.4. The molecule has 0 radical (unpaired) electrons. The number of rotatable bonds is 5. The first-order valence-corrected chi connectivity index (χ1v) is 7.23. The van der Waals surface area contributed by atoms with Gasteiger partial charge in [-0.05, 0) is 43.4 Å². The van der Waals surface area contributed by atoms with E-state index in [1.807, 2.05) is 0 Å². The number of ether oxygens (including phenoxy) is 1. The Hall–Kier alpha value is -0.900. The van der Waals surface area contributed by atoms with E-state index in [4.69, 9.17) is 10.5 Å². The zero-order valence-corrected chi connectivity index (χ0v) is 12.1. The molecule has 0 aromatic heterocycles. The van der Waals surface area contributed by atoms with E-state index >= 15 is 0 Å². The molecule has 2 rings (SSSR count). The fourth-order valence-electron chi connectivity index (χ4n) is 3.07. The standard InChI is InChI=1S/C16H26N2O/c1-13-6-3-4-8-15(13)16(17)11-18-9-5-7-14(10-18)12-19-2/h3-4,6,8,14,16H,5,7,9-12,17H2,1-2H3. The van der Waals surface area contributed by atoms with Crippen LogP contribution in [-0.2, 0) is 4.74 Å². The van der Waals surface area contributed by atoms with Gasteiger partial charge in [0.15, 0.2) is 0 Å². The van der Waals surface area contributed by atoms with Crippen LogP contribution >= 0.6 is 0 Å². The van der Waals surface area contributed by atoms with Gasteiger partial charge in [0.25, 0.3) is 0 Å². The van der Waals surface area contributed by atoms with E-state index in [1.54, 1.807) is 7.11 Å². The van der Waals surface area contributed by atoms with Crippen LogP contribution in [0.4, 0.5) is 0 Å². The Morgan fingerprint density at radius 3 is 2.95 bits per heavy atom.